The van der Waals surface area contributed by atoms with Crippen molar-refractivity contribution in [3.8, 4) is 0 Å². The van der Waals surface area contributed by atoms with Crippen molar-refractivity contribution in [2.75, 3.05) is 0 Å². The molecule has 0 aromatic heterocycles. The SMILES string of the molecule is O=C(NS(=O)(=O)/C=C/c1ccccc1Cl)c1ccc(Cl)cc1Cl. The average Bonchev–Trinajstić information content (AvgIpc) is 2.45. The first-order valence-corrected chi connectivity index (χ1v) is 8.91. The largest absolute Gasteiger partial charge is 0.268 e. The summed E-state index contributed by atoms with van der Waals surface area (Å²) in [5.74, 6) is -0.851. The van der Waals surface area contributed by atoms with Crippen molar-refractivity contribution < 1.29 is 13.2 Å². The molecule has 0 radical (unpaired) electrons. The Kier molecular flexibility index (Phi) is 5.70. The van der Waals surface area contributed by atoms with Gasteiger partial charge in [0.05, 0.1) is 16.0 Å². The summed E-state index contributed by atoms with van der Waals surface area (Å²) < 4.78 is 25.8. The van der Waals surface area contributed by atoms with Crippen LogP contribution in [0.2, 0.25) is 15.1 Å². The van der Waals surface area contributed by atoms with Gasteiger partial charge in [0.15, 0.2) is 0 Å². The molecule has 8 heteroatoms. The van der Waals surface area contributed by atoms with Gasteiger partial charge in [-0.2, -0.15) is 0 Å². The maximum absolute atomic E-state index is 12.0. The molecule has 0 aliphatic heterocycles. The first-order chi connectivity index (χ1) is 10.8. The molecular formula is C15H10Cl3NO3S. The molecular weight excluding hydrogens is 381 g/mol. The number of sulfonamides is 1. The summed E-state index contributed by atoms with van der Waals surface area (Å²) in [6, 6.07) is 10.8. The number of nitrogens with one attached hydrogen (secondary N) is 1. The summed E-state index contributed by atoms with van der Waals surface area (Å²) in [5.41, 5.74) is 0.516. The first kappa shape index (κ1) is 17.8. The molecule has 120 valence electrons. The lowest BCUT2D eigenvalue weighted by Gasteiger charge is -2.05. The number of benzene rings is 2. The highest BCUT2D eigenvalue weighted by atomic mass is 35.5. The highest BCUT2D eigenvalue weighted by Gasteiger charge is 2.16. The average molecular weight is 391 g/mol. The minimum Gasteiger partial charge on any atom is -0.268 e. The Morgan fingerprint density at radius 2 is 1.70 bits per heavy atom. The lowest BCUT2D eigenvalue weighted by Crippen LogP contribution is -2.29. The Bertz CT molecular complexity index is 879. The monoisotopic (exact) mass is 389 g/mol. The number of hydrogen-bond acceptors (Lipinski definition) is 3. The maximum Gasteiger partial charge on any atom is 0.266 e. The van der Waals surface area contributed by atoms with Gasteiger partial charge in [-0.1, -0.05) is 53.0 Å². The number of carbonyl (C=O) groups is 1. The van der Waals surface area contributed by atoms with E-state index in [2.05, 4.69) is 0 Å². The van der Waals surface area contributed by atoms with Gasteiger partial charge in [0.1, 0.15) is 0 Å². The Morgan fingerprint density at radius 1 is 1.00 bits per heavy atom. The zero-order chi connectivity index (χ0) is 17.0. The van der Waals surface area contributed by atoms with Crippen LogP contribution in [0, 0.1) is 0 Å². The predicted octanol–water partition coefficient (Wildman–Crippen LogP) is 4.38. The van der Waals surface area contributed by atoms with E-state index >= 15 is 0 Å². The minimum atomic E-state index is -4.00. The minimum absolute atomic E-state index is 0.00536. The summed E-state index contributed by atoms with van der Waals surface area (Å²) in [7, 11) is -4.00. The van der Waals surface area contributed by atoms with Crippen molar-refractivity contribution in [3.63, 3.8) is 0 Å². The molecule has 0 bridgehead atoms. The number of carbonyl (C=O) groups excluding carboxylic acids is 1. The van der Waals surface area contributed by atoms with Gasteiger partial charge in [-0.05, 0) is 35.9 Å². The van der Waals surface area contributed by atoms with E-state index in [0.717, 1.165) is 5.41 Å². The standard InChI is InChI=1S/C15H10Cl3NO3S/c16-11-5-6-12(14(18)9-11)15(20)19-23(21,22)8-7-10-3-1-2-4-13(10)17/h1-9H,(H,19,20)/b8-7+. The predicted molar refractivity (Wildman–Crippen MR) is 93.3 cm³/mol. The lowest BCUT2D eigenvalue weighted by molar-refractivity contribution is 0.0982. The van der Waals surface area contributed by atoms with E-state index in [1.165, 1.54) is 24.3 Å². The Morgan fingerprint density at radius 3 is 2.35 bits per heavy atom. The van der Waals surface area contributed by atoms with Crippen LogP contribution in [0.1, 0.15) is 15.9 Å². The van der Waals surface area contributed by atoms with E-state index in [4.69, 9.17) is 34.8 Å². The smallest absolute Gasteiger partial charge is 0.266 e. The van der Waals surface area contributed by atoms with E-state index in [1.54, 1.807) is 24.3 Å². The van der Waals surface area contributed by atoms with Crippen LogP contribution >= 0.6 is 34.8 Å². The molecule has 23 heavy (non-hydrogen) atoms. The van der Waals surface area contributed by atoms with E-state index in [-0.39, 0.29) is 10.6 Å². The van der Waals surface area contributed by atoms with Crippen LogP contribution in [0.15, 0.2) is 47.9 Å². The molecule has 1 N–H and O–H groups in total. The number of rotatable bonds is 4. The van der Waals surface area contributed by atoms with E-state index < -0.39 is 15.9 Å². The number of halogens is 3. The molecule has 0 aliphatic rings. The quantitative estimate of drug-likeness (QED) is 0.842. The van der Waals surface area contributed by atoms with E-state index in [1.807, 2.05) is 4.72 Å². The van der Waals surface area contributed by atoms with Crippen molar-refractivity contribution in [1.82, 2.24) is 4.72 Å². The molecule has 0 fully saturated rings. The first-order valence-electron chi connectivity index (χ1n) is 6.23. The van der Waals surface area contributed by atoms with Crippen LogP contribution in [0.5, 0.6) is 0 Å². The lowest BCUT2D eigenvalue weighted by atomic mass is 10.2. The van der Waals surface area contributed by atoms with Crippen LogP contribution in [-0.2, 0) is 10.0 Å². The second kappa shape index (κ2) is 7.36. The van der Waals surface area contributed by atoms with E-state index in [0.29, 0.717) is 15.6 Å². The third kappa shape index (κ3) is 4.97. The fourth-order valence-electron chi connectivity index (χ4n) is 1.66. The van der Waals surface area contributed by atoms with Gasteiger partial charge in [0.2, 0.25) is 0 Å². The molecule has 2 aromatic rings. The normalized spacial score (nSPS) is 11.6. The zero-order valence-corrected chi connectivity index (χ0v) is 14.5. The molecule has 0 heterocycles. The molecule has 0 aliphatic carbocycles. The Hall–Kier alpha value is -1.53. The summed E-state index contributed by atoms with van der Waals surface area (Å²) in [6.45, 7) is 0. The van der Waals surface area contributed by atoms with Crippen molar-refractivity contribution >= 4 is 56.8 Å². The molecule has 4 nitrogen and oxygen atoms in total. The molecule has 2 rings (SSSR count). The fourth-order valence-corrected chi connectivity index (χ4v) is 3.12. The van der Waals surface area contributed by atoms with Crippen molar-refractivity contribution in [2.24, 2.45) is 0 Å². The fraction of sp³-hybridized carbons (Fsp3) is 0. The number of amides is 1. The zero-order valence-electron chi connectivity index (χ0n) is 11.5. The number of hydrogen-bond donors (Lipinski definition) is 1. The topological polar surface area (TPSA) is 63.2 Å². The Labute approximate surface area is 148 Å². The highest BCUT2D eigenvalue weighted by Crippen LogP contribution is 2.21. The van der Waals surface area contributed by atoms with Crippen LogP contribution < -0.4 is 4.72 Å². The molecule has 0 spiro atoms. The van der Waals surface area contributed by atoms with Gasteiger partial charge in [0.25, 0.3) is 15.9 Å². The molecule has 1 amide bonds. The second-order valence-corrected chi connectivity index (χ2v) is 7.24. The van der Waals surface area contributed by atoms with Gasteiger partial charge < -0.3 is 0 Å². The van der Waals surface area contributed by atoms with Gasteiger partial charge >= 0.3 is 0 Å². The summed E-state index contributed by atoms with van der Waals surface area (Å²) in [6.07, 6.45) is 1.29. The maximum atomic E-state index is 12.0. The van der Waals surface area contributed by atoms with Crippen molar-refractivity contribution in [1.29, 1.82) is 0 Å². The Balaban J connectivity index is 2.18. The van der Waals surface area contributed by atoms with Gasteiger partial charge in [-0.15, -0.1) is 0 Å². The van der Waals surface area contributed by atoms with Crippen LogP contribution in [0.3, 0.4) is 0 Å². The molecule has 0 unspecified atom stereocenters. The summed E-state index contributed by atoms with van der Waals surface area (Å²) >= 11 is 17.5. The third-order valence-corrected chi connectivity index (χ3v) is 4.60. The van der Waals surface area contributed by atoms with Crippen molar-refractivity contribution in [3.05, 3.63) is 74.1 Å². The van der Waals surface area contributed by atoms with Gasteiger partial charge in [0, 0.05) is 10.0 Å². The van der Waals surface area contributed by atoms with Crippen LogP contribution in [0.25, 0.3) is 6.08 Å². The summed E-state index contributed by atoms with van der Waals surface area (Å²) in [5, 5.41) is 1.65. The molecule has 0 saturated carbocycles. The van der Waals surface area contributed by atoms with E-state index in [9.17, 15) is 13.2 Å². The second-order valence-electron chi connectivity index (χ2n) is 4.42. The molecule has 2 aromatic carbocycles. The highest BCUT2D eigenvalue weighted by molar-refractivity contribution is 7.93. The van der Waals surface area contributed by atoms with Crippen molar-refractivity contribution in [2.45, 2.75) is 0 Å². The molecule has 0 saturated heterocycles. The van der Waals surface area contributed by atoms with Crippen LogP contribution in [0.4, 0.5) is 0 Å². The third-order valence-electron chi connectivity index (χ3n) is 2.74. The summed E-state index contributed by atoms with van der Waals surface area (Å²) in [4.78, 5) is 12.0. The van der Waals surface area contributed by atoms with Crippen LogP contribution in [-0.4, -0.2) is 14.3 Å². The van der Waals surface area contributed by atoms with Gasteiger partial charge in [-0.25, -0.2) is 13.1 Å². The van der Waals surface area contributed by atoms with Gasteiger partial charge in [-0.3, -0.25) is 4.79 Å². The molecule has 0 atom stereocenters.